The summed E-state index contributed by atoms with van der Waals surface area (Å²) in [6.45, 7) is 6.56. The summed E-state index contributed by atoms with van der Waals surface area (Å²) in [7, 11) is 0. The maximum Gasteiger partial charge on any atom is 0.323 e. The Kier molecular flexibility index (Phi) is 4.11. The molecule has 4 nitrogen and oxygen atoms in total. The van der Waals surface area contributed by atoms with Gasteiger partial charge in [0.2, 0.25) is 0 Å². The number of nitrogens with two attached hydrogens (primary N) is 1. The number of carbonyl (C=O) groups is 1. The molecule has 0 aromatic carbocycles. The van der Waals surface area contributed by atoms with Gasteiger partial charge in [-0.15, -0.1) is 0 Å². The molecule has 0 saturated heterocycles. The molecule has 0 amide bonds. The Labute approximate surface area is 91.4 Å². The summed E-state index contributed by atoms with van der Waals surface area (Å²) >= 11 is 0. The summed E-state index contributed by atoms with van der Waals surface area (Å²) in [6, 6.07) is 0. The largest absolute Gasteiger partial charge is 0.480 e. The Morgan fingerprint density at radius 2 is 2.20 bits per heavy atom. The average Bonchev–Trinajstić information content (AvgIpc) is 2.95. The summed E-state index contributed by atoms with van der Waals surface area (Å²) in [5, 5.41) is 8.88. The molecule has 1 atom stereocenters. The lowest BCUT2D eigenvalue weighted by molar-refractivity contribution is -0.143. The quantitative estimate of drug-likeness (QED) is 0.661. The number of carboxylic acids is 1. The fourth-order valence-corrected chi connectivity index (χ4v) is 1.54. The van der Waals surface area contributed by atoms with Gasteiger partial charge in [0.05, 0.1) is 0 Å². The standard InChI is InChI=1S/C11H22N2O2/c1-3-13(8-9-4-5-9)7-6-11(2,12)10(14)15/h9H,3-8,12H2,1-2H3,(H,14,15). The van der Waals surface area contributed by atoms with E-state index in [0.717, 1.165) is 25.6 Å². The lowest BCUT2D eigenvalue weighted by Gasteiger charge is -2.25. The van der Waals surface area contributed by atoms with Gasteiger partial charge in [0.25, 0.3) is 0 Å². The number of rotatable bonds is 7. The highest BCUT2D eigenvalue weighted by Gasteiger charge is 2.29. The minimum absolute atomic E-state index is 0.517. The fourth-order valence-electron chi connectivity index (χ4n) is 1.54. The molecule has 1 fully saturated rings. The van der Waals surface area contributed by atoms with Crippen molar-refractivity contribution in [3.05, 3.63) is 0 Å². The molecule has 88 valence electrons. The summed E-state index contributed by atoms with van der Waals surface area (Å²) in [6.07, 6.45) is 3.17. The van der Waals surface area contributed by atoms with Crippen molar-refractivity contribution in [1.29, 1.82) is 0 Å². The Balaban J connectivity index is 2.28. The second kappa shape index (κ2) is 4.94. The van der Waals surface area contributed by atoms with Gasteiger partial charge >= 0.3 is 5.97 Å². The molecule has 1 unspecified atom stereocenters. The van der Waals surface area contributed by atoms with Crippen molar-refractivity contribution < 1.29 is 9.90 Å². The van der Waals surface area contributed by atoms with Gasteiger partial charge in [0.1, 0.15) is 5.54 Å². The Morgan fingerprint density at radius 3 is 2.60 bits per heavy atom. The Morgan fingerprint density at radius 1 is 1.60 bits per heavy atom. The summed E-state index contributed by atoms with van der Waals surface area (Å²) < 4.78 is 0. The van der Waals surface area contributed by atoms with Crippen molar-refractivity contribution in [2.75, 3.05) is 19.6 Å². The van der Waals surface area contributed by atoms with Gasteiger partial charge in [-0.05, 0) is 38.6 Å². The van der Waals surface area contributed by atoms with E-state index >= 15 is 0 Å². The van der Waals surface area contributed by atoms with Gasteiger partial charge in [-0.25, -0.2) is 0 Å². The van der Waals surface area contributed by atoms with Crippen LogP contribution in [-0.4, -0.2) is 41.1 Å². The predicted molar refractivity (Wildman–Crippen MR) is 59.7 cm³/mol. The van der Waals surface area contributed by atoms with Crippen molar-refractivity contribution in [2.45, 2.75) is 38.6 Å². The van der Waals surface area contributed by atoms with Crippen LogP contribution in [0, 0.1) is 5.92 Å². The first-order valence-electron chi connectivity index (χ1n) is 5.70. The van der Waals surface area contributed by atoms with E-state index in [9.17, 15) is 4.79 Å². The van der Waals surface area contributed by atoms with Gasteiger partial charge in [0.15, 0.2) is 0 Å². The van der Waals surface area contributed by atoms with E-state index in [1.807, 2.05) is 0 Å². The molecule has 0 aromatic rings. The van der Waals surface area contributed by atoms with Crippen LogP contribution in [0.1, 0.15) is 33.1 Å². The lowest BCUT2D eigenvalue weighted by atomic mass is 9.99. The predicted octanol–water partition coefficient (Wildman–Crippen LogP) is 0.910. The van der Waals surface area contributed by atoms with Gasteiger partial charge < -0.3 is 15.7 Å². The molecule has 1 rings (SSSR count). The molecule has 3 N–H and O–H groups in total. The zero-order valence-corrected chi connectivity index (χ0v) is 9.70. The van der Waals surface area contributed by atoms with Gasteiger partial charge in [-0.2, -0.15) is 0 Å². The van der Waals surface area contributed by atoms with Crippen LogP contribution in [0.25, 0.3) is 0 Å². The van der Waals surface area contributed by atoms with E-state index in [0.29, 0.717) is 6.42 Å². The molecule has 0 aromatic heterocycles. The first kappa shape index (κ1) is 12.5. The second-order valence-electron chi connectivity index (χ2n) is 4.81. The third kappa shape index (κ3) is 4.18. The summed E-state index contributed by atoms with van der Waals surface area (Å²) in [5.41, 5.74) is 4.60. The van der Waals surface area contributed by atoms with Gasteiger partial charge in [-0.1, -0.05) is 6.92 Å². The molecule has 0 heterocycles. The van der Waals surface area contributed by atoms with Crippen molar-refractivity contribution in [2.24, 2.45) is 11.7 Å². The summed E-state index contributed by atoms with van der Waals surface area (Å²) in [4.78, 5) is 13.1. The number of aliphatic carboxylic acids is 1. The molecule has 0 spiro atoms. The highest BCUT2D eigenvalue weighted by atomic mass is 16.4. The second-order valence-corrected chi connectivity index (χ2v) is 4.81. The van der Waals surface area contributed by atoms with E-state index in [2.05, 4.69) is 11.8 Å². The lowest BCUT2D eigenvalue weighted by Crippen LogP contribution is -2.47. The maximum atomic E-state index is 10.8. The van der Waals surface area contributed by atoms with Crippen molar-refractivity contribution in [3.8, 4) is 0 Å². The van der Waals surface area contributed by atoms with E-state index in [4.69, 9.17) is 10.8 Å². The number of carboxylic acid groups (broad SMARTS) is 1. The van der Waals surface area contributed by atoms with Crippen molar-refractivity contribution >= 4 is 5.97 Å². The highest BCUT2D eigenvalue weighted by Crippen LogP contribution is 2.29. The number of hydrogen-bond donors (Lipinski definition) is 2. The van der Waals surface area contributed by atoms with Crippen LogP contribution in [0.4, 0.5) is 0 Å². The highest BCUT2D eigenvalue weighted by molar-refractivity contribution is 5.77. The minimum atomic E-state index is -1.09. The Hall–Kier alpha value is -0.610. The van der Waals surface area contributed by atoms with Crippen molar-refractivity contribution in [1.82, 2.24) is 4.90 Å². The molecular weight excluding hydrogens is 192 g/mol. The molecule has 1 aliphatic rings. The van der Waals surface area contributed by atoms with Crippen LogP contribution in [0.5, 0.6) is 0 Å². The fraction of sp³-hybridized carbons (Fsp3) is 0.909. The Bertz CT molecular complexity index is 225. The number of nitrogens with zero attached hydrogens (tertiary/aromatic N) is 1. The molecular formula is C11H22N2O2. The van der Waals surface area contributed by atoms with Crippen molar-refractivity contribution in [3.63, 3.8) is 0 Å². The molecule has 0 radical (unpaired) electrons. The zero-order chi connectivity index (χ0) is 11.5. The first-order chi connectivity index (χ1) is 6.95. The van der Waals surface area contributed by atoms with Gasteiger partial charge in [-0.3, -0.25) is 4.79 Å². The maximum absolute atomic E-state index is 10.8. The smallest absolute Gasteiger partial charge is 0.323 e. The molecule has 1 aliphatic carbocycles. The van der Waals surface area contributed by atoms with Gasteiger partial charge in [0, 0.05) is 13.1 Å². The topological polar surface area (TPSA) is 66.6 Å². The molecule has 0 aliphatic heterocycles. The van der Waals surface area contributed by atoms with Crippen LogP contribution in [0.3, 0.4) is 0 Å². The zero-order valence-electron chi connectivity index (χ0n) is 9.70. The SMILES string of the molecule is CCN(CCC(C)(N)C(=O)O)CC1CC1. The first-order valence-corrected chi connectivity index (χ1v) is 5.70. The molecule has 0 bridgehead atoms. The molecule has 4 heteroatoms. The molecule has 1 saturated carbocycles. The summed E-state index contributed by atoms with van der Waals surface area (Å²) in [5.74, 6) is -0.0659. The third-order valence-electron chi connectivity index (χ3n) is 3.10. The van der Waals surface area contributed by atoms with E-state index in [1.54, 1.807) is 6.92 Å². The van der Waals surface area contributed by atoms with E-state index in [1.165, 1.54) is 12.8 Å². The normalized spacial score (nSPS) is 20.3. The monoisotopic (exact) mass is 214 g/mol. The van der Waals surface area contributed by atoms with E-state index < -0.39 is 11.5 Å². The van der Waals surface area contributed by atoms with Crippen LogP contribution < -0.4 is 5.73 Å². The van der Waals surface area contributed by atoms with Crippen LogP contribution in [0.15, 0.2) is 0 Å². The van der Waals surface area contributed by atoms with E-state index in [-0.39, 0.29) is 0 Å². The van der Waals surface area contributed by atoms with Crippen LogP contribution >= 0.6 is 0 Å². The molecule has 15 heavy (non-hydrogen) atoms. The van der Waals surface area contributed by atoms with Crippen LogP contribution in [-0.2, 0) is 4.79 Å². The third-order valence-corrected chi connectivity index (χ3v) is 3.10. The average molecular weight is 214 g/mol. The van der Waals surface area contributed by atoms with Crippen LogP contribution in [0.2, 0.25) is 0 Å². The number of hydrogen-bond acceptors (Lipinski definition) is 3. The minimum Gasteiger partial charge on any atom is -0.480 e.